The van der Waals surface area contributed by atoms with Crippen LogP contribution in [-0.4, -0.2) is 37.2 Å². The first-order valence-corrected chi connectivity index (χ1v) is 7.47. The number of aromatic nitrogens is 5. The van der Waals surface area contributed by atoms with Crippen molar-refractivity contribution in [3.05, 3.63) is 36.7 Å². The van der Waals surface area contributed by atoms with E-state index in [4.69, 9.17) is 4.42 Å². The lowest BCUT2D eigenvalue weighted by atomic mass is 10.3. The van der Waals surface area contributed by atoms with E-state index in [0.717, 1.165) is 45.6 Å². The first-order valence-electron chi connectivity index (χ1n) is 6.49. The number of oxazole rings is 1. The number of hydrogen-bond acceptors (Lipinski definition) is 7. The Kier molecular flexibility index (Phi) is 2.88. The van der Waals surface area contributed by atoms with E-state index in [2.05, 4.69) is 29.8 Å². The second kappa shape index (κ2) is 4.88. The molecule has 4 heterocycles. The quantitative estimate of drug-likeness (QED) is 0.776. The zero-order chi connectivity index (χ0) is 14.2. The van der Waals surface area contributed by atoms with E-state index >= 15 is 0 Å². The summed E-state index contributed by atoms with van der Waals surface area (Å²) in [4.78, 5) is 23.1. The highest BCUT2D eigenvalue weighted by Crippen LogP contribution is 2.35. The second-order valence-electron chi connectivity index (χ2n) is 4.60. The van der Waals surface area contributed by atoms with Crippen molar-refractivity contribution in [1.29, 1.82) is 0 Å². The third-order valence-electron chi connectivity index (χ3n) is 3.30. The third kappa shape index (κ3) is 2.07. The van der Waals surface area contributed by atoms with Gasteiger partial charge in [0.2, 0.25) is 0 Å². The van der Waals surface area contributed by atoms with Crippen LogP contribution in [0.3, 0.4) is 0 Å². The highest BCUT2D eigenvalue weighted by atomic mass is 32.2. The van der Waals surface area contributed by atoms with Crippen LogP contribution in [0.4, 0.5) is 5.82 Å². The number of aryl methyl sites for hydroxylation is 1. The van der Waals surface area contributed by atoms with Gasteiger partial charge in [0.25, 0.3) is 0 Å². The number of rotatable bonds is 2. The summed E-state index contributed by atoms with van der Waals surface area (Å²) in [6.45, 7) is 2.80. The molecule has 0 amide bonds. The molecule has 0 saturated carbocycles. The van der Waals surface area contributed by atoms with Crippen molar-refractivity contribution in [2.75, 3.05) is 17.2 Å². The Balaban J connectivity index is 1.79. The molecule has 1 aliphatic rings. The van der Waals surface area contributed by atoms with Crippen LogP contribution in [0.2, 0.25) is 0 Å². The highest BCUT2D eigenvalue weighted by Gasteiger charge is 2.20. The zero-order valence-electron chi connectivity index (χ0n) is 11.3. The van der Waals surface area contributed by atoms with Crippen molar-refractivity contribution in [1.82, 2.24) is 24.9 Å². The second-order valence-corrected chi connectivity index (χ2v) is 5.74. The lowest BCUT2D eigenvalue weighted by Gasteiger charge is -2.24. The molecule has 0 spiro atoms. The average Bonchev–Trinajstić information content (AvgIpc) is 3.15. The van der Waals surface area contributed by atoms with E-state index in [-0.39, 0.29) is 0 Å². The van der Waals surface area contributed by atoms with Gasteiger partial charge in [0.15, 0.2) is 29.1 Å². The van der Waals surface area contributed by atoms with Gasteiger partial charge >= 0.3 is 0 Å². The molecule has 1 aliphatic heterocycles. The predicted molar refractivity (Wildman–Crippen MR) is 80.7 cm³/mol. The van der Waals surface area contributed by atoms with Crippen LogP contribution >= 0.6 is 11.8 Å². The van der Waals surface area contributed by atoms with Crippen molar-refractivity contribution < 1.29 is 4.42 Å². The molecule has 21 heavy (non-hydrogen) atoms. The lowest BCUT2D eigenvalue weighted by molar-refractivity contribution is 0.546. The maximum absolute atomic E-state index is 5.48. The number of fused-ring (bicyclic) bond motifs is 1. The standard InChI is InChI=1S/C13H12N6OS/c1-8-11(20-7-18-8)9-4-19(2-3-21-9)13-10-12(15-5-14-10)16-6-17-13/h4-7H,2-3H2,1H3,(H,14,15,16,17). The van der Waals surface area contributed by atoms with Crippen LogP contribution in [0.1, 0.15) is 11.5 Å². The summed E-state index contributed by atoms with van der Waals surface area (Å²) < 4.78 is 5.48. The van der Waals surface area contributed by atoms with Gasteiger partial charge in [-0.1, -0.05) is 0 Å². The van der Waals surface area contributed by atoms with Crippen LogP contribution in [-0.2, 0) is 0 Å². The molecule has 8 heteroatoms. The molecular weight excluding hydrogens is 288 g/mol. The maximum Gasteiger partial charge on any atom is 0.181 e. The monoisotopic (exact) mass is 300 g/mol. The van der Waals surface area contributed by atoms with Crippen molar-refractivity contribution in [3.63, 3.8) is 0 Å². The minimum Gasteiger partial charge on any atom is -0.443 e. The van der Waals surface area contributed by atoms with E-state index in [1.54, 1.807) is 24.4 Å². The van der Waals surface area contributed by atoms with Crippen LogP contribution < -0.4 is 4.90 Å². The molecule has 0 unspecified atom stereocenters. The van der Waals surface area contributed by atoms with Gasteiger partial charge in [0, 0.05) is 18.5 Å². The fourth-order valence-corrected chi connectivity index (χ4v) is 3.33. The van der Waals surface area contributed by atoms with E-state index in [9.17, 15) is 0 Å². The van der Waals surface area contributed by atoms with E-state index in [1.807, 2.05) is 13.1 Å². The molecule has 0 aliphatic carbocycles. The Bertz CT molecular complexity index is 823. The first-order chi connectivity index (χ1) is 10.3. The minimum absolute atomic E-state index is 0.740. The largest absolute Gasteiger partial charge is 0.443 e. The van der Waals surface area contributed by atoms with Gasteiger partial charge in [-0.3, -0.25) is 0 Å². The minimum atomic E-state index is 0.740. The van der Waals surface area contributed by atoms with E-state index < -0.39 is 0 Å². The van der Waals surface area contributed by atoms with Crippen molar-refractivity contribution in [3.8, 4) is 0 Å². The Morgan fingerprint density at radius 3 is 3.10 bits per heavy atom. The van der Waals surface area contributed by atoms with Gasteiger partial charge in [-0.2, -0.15) is 0 Å². The fourth-order valence-electron chi connectivity index (χ4n) is 2.29. The van der Waals surface area contributed by atoms with Crippen LogP contribution in [0.5, 0.6) is 0 Å². The number of anilines is 1. The molecule has 1 N–H and O–H groups in total. The molecule has 0 aromatic carbocycles. The molecule has 0 fully saturated rings. The number of hydrogen-bond donors (Lipinski definition) is 1. The van der Waals surface area contributed by atoms with Crippen LogP contribution in [0.25, 0.3) is 16.1 Å². The topological polar surface area (TPSA) is 83.7 Å². The summed E-state index contributed by atoms with van der Waals surface area (Å²) in [5.74, 6) is 2.57. The van der Waals surface area contributed by atoms with E-state index in [0.29, 0.717) is 0 Å². The Morgan fingerprint density at radius 1 is 1.29 bits per heavy atom. The molecule has 0 radical (unpaired) electrons. The number of imidazole rings is 1. The fraction of sp³-hybridized carbons (Fsp3) is 0.231. The molecule has 7 nitrogen and oxygen atoms in total. The molecule has 3 aromatic heterocycles. The summed E-state index contributed by atoms with van der Waals surface area (Å²) in [5.41, 5.74) is 2.40. The molecule has 0 atom stereocenters. The van der Waals surface area contributed by atoms with Gasteiger partial charge < -0.3 is 14.3 Å². The van der Waals surface area contributed by atoms with Gasteiger partial charge in [0.1, 0.15) is 6.33 Å². The maximum atomic E-state index is 5.48. The molecule has 3 aromatic rings. The van der Waals surface area contributed by atoms with E-state index in [1.165, 1.54) is 6.39 Å². The molecule has 0 bridgehead atoms. The number of nitrogens with one attached hydrogen (secondary N) is 1. The zero-order valence-corrected chi connectivity index (χ0v) is 12.1. The molecular formula is C13H12N6OS. The van der Waals surface area contributed by atoms with Gasteiger partial charge in [-0.25, -0.2) is 19.9 Å². The normalized spacial score (nSPS) is 15.5. The summed E-state index contributed by atoms with van der Waals surface area (Å²) >= 11 is 1.76. The van der Waals surface area contributed by atoms with Crippen LogP contribution in [0, 0.1) is 6.92 Å². The first kappa shape index (κ1) is 12.4. The van der Waals surface area contributed by atoms with Crippen molar-refractivity contribution >= 4 is 33.6 Å². The highest BCUT2D eigenvalue weighted by molar-refractivity contribution is 8.08. The Hall–Kier alpha value is -2.35. The molecule has 0 saturated heterocycles. The third-order valence-corrected chi connectivity index (χ3v) is 4.29. The molecule has 106 valence electrons. The lowest BCUT2D eigenvalue weighted by Crippen LogP contribution is -2.24. The summed E-state index contributed by atoms with van der Waals surface area (Å²) in [6.07, 6.45) is 6.69. The van der Waals surface area contributed by atoms with Crippen molar-refractivity contribution in [2.24, 2.45) is 0 Å². The SMILES string of the molecule is Cc1ncoc1C1=CN(c2ncnc3[nH]cnc23)CCS1. The van der Waals surface area contributed by atoms with Gasteiger partial charge in [0.05, 0.1) is 16.9 Å². The van der Waals surface area contributed by atoms with Crippen molar-refractivity contribution in [2.45, 2.75) is 6.92 Å². The van der Waals surface area contributed by atoms with Gasteiger partial charge in [-0.05, 0) is 6.92 Å². The number of H-pyrrole nitrogens is 1. The predicted octanol–water partition coefficient (Wildman–Crippen LogP) is 2.20. The molecule has 4 rings (SSSR count). The summed E-state index contributed by atoms with van der Waals surface area (Å²) in [6, 6.07) is 0. The number of nitrogens with zero attached hydrogens (tertiary/aromatic N) is 5. The number of aromatic amines is 1. The average molecular weight is 300 g/mol. The Morgan fingerprint density at radius 2 is 2.24 bits per heavy atom. The smallest absolute Gasteiger partial charge is 0.181 e. The summed E-state index contributed by atoms with van der Waals surface area (Å²) in [7, 11) is 0. The number of thioether (sulfide) groups is 1. The van der Waals surface area contributed by atoms with Gasteiger partial charge in [-0.15, -0.1) is 11.8 Å². The Labute approximate surface area is 124 Å². The van der Waals surface area contributed by atoms with Crippen LogP contribution in [0.15, 0.2) is 29.7 Å². The summed E-state index contributed by atoms with van der Waals surface area (Å²) in [5, 5.41) is 0.